The van der Waals surface area contributed by atoms with E-state index in [2.05, 4.69) is 0 Å². The maximum absolute atomic E-state index is 13.6. The fraction of sp³-hybridized carbons (Fsp3) is 0.875. The van der Waals surface area contributed by atoms with Crippen molar-refractivity contribution in [1.29, 1.82) is 0 Å². The van der Waals surface area contributed by atoms with Crippen molar-refractivity contribution in [2.75, 3.05) is 13.2 Å². The molecule has 0 saturated carbocycles. The second-order valence-corrected chi connectivity index (χ2v) is 8.36. The quantitative estimate of drug-likeness (QED) is 0.704. The third-order valence-corrected chi connectivity index (χ3v) is 8.57. The molecule has 25 heavy (non-hydrogen) atoms. The molecule has 1 saturated heterocycles. The minimum absolute atomic E-state index is 0.0702. The van der Waals surface area contributed by atoms with E-state index >= 15 is 0 Å². The number of rotatable bonds is 6. The number of carbonyl (C=O) groups excluding carboxylic acids is 2. The van der Waals surface area contributed by atoms with Crippen molar-refractivity contribution in [3.63, 3.8) is 0 Å². The van der Waals surface area contributed by atoms with Gasteiger partial charge in [-0.25, -0.2) is 18.0 Å². The molecule has 1 aliphatic rings. The van der Waals surface area contributed by atoms with E-state index in [1.165, 1.54) is 0 Å². The Kier molecular flexibility index (Phi) is 6.72. The molecule has 1 aliphatic heterocycles. The second-order valence-electron chi connectivity index (χ2n) is 5.83. The van der Waals surface area contributed by atoms with Crippen LogP contribution in [0.4, 0.5) is 9.59 Å². The van der Waals surface area contributed by atoms with Crippen LogP contribution in [0.25, 0.3) is 0 Å². The van der Waals surface area contributed by atoms with Crippen molar-refractivity contribution in [1.82, 2.24) is 10.0 Å². The molecule has 0 atom stereocenters. The third-order valence-electron chi connectivity index (χ3n) is 5.06. The molecule has 1 fully saturated rings. The van der Waals surface area contributed by atoms with Crippen molar-refractivity contribution in [3.05, 3.63) is 0 Å². The third kappa shape index (κ3) is 2.76. The summed E-state index contributed by atoms with van der Waals surface area (Å²) < 4.78 is 37.4. The first-order valence-electron chi connectivity index (χ1n) is 8.89. The lowest BCUT2D eigenvalue weighted by Gasteiger charge is -2.38. The maximum atomic E-state index is 13.6. The van der Waals surface area contributed by atoms with E-state index in [-0.39, 0.29) is 38.9 Å². The van der Waals surface area contributed by atoms with Crippen LogP contribution in [0.1, 0.15) is 67.2 Å². The van der Waals surface area contributed by atoms with Crippen LogP contribution in [0.15, 0.2) is 0 Å². The minimum Gasteiger partial charge on any atom is -0.448 e. The molecule has 0 unspecified atom stereocenters. The topological polar surface area (TPSA) is 93.2 Å². The van der Waals surface area contributed by atoms with Gasteiger partial charge in [0.1, 0.15) is 0 Å². The fourth-order valence-electron chi connectivity index (χ4n) is 3.67. The lowest BCUT2D eigenvalue weighted by Crippen LogP contribution is -2.58. The molecule has 0 aliphatic carbocycles. The van der Waals surface area contributed by atoms with Crippen LogP contribution in [-0.4, -0.2) is 53.6 Å². The molecule has 2 amide bonds. The number of hydrogen-bond acceptors (Lipinski definition) is 6. The van der Waals surface area contributed by atoms with Crippen LogP contribution in [0, 0.1) is 0 Å². The van der Waals surface area contributed by atoms with Crippen LogP contribution in [0.5, 0.6) is 0 Å². The second kappa shape index (κ2) is 7.80. The van der Waals surface area contributed by atoms with Gasteiger partial charge in [0.25, 0.3) is 0 Å². The summed E-state index contributed by atoms with van der Waals surface area (Å²) in [5, 5.41) is 1.97. The van der Waals surface area contributed by atoms with Gasteiger partial charge >= 0.3 is 12.2 Å². The van der Waals surface area contributed by atoms with Gasteiger partial charge in [-0.05, 0) is 39.5 Å². The van der Waals surface area contributed by atoms with Gasteiger partial charge in [0, 0.05) is 0 Å². The number of hydrogen-bond donors (Lipinski definition) is 0. The molecule has 0 aromatic heterocycles. The Balaban J connectivity index is 3.81. The summed E-state index contributed by atoms with van der Waals surface area (Å²) in [6.45, 7) is 10.2. The van der Waals surface area contributed by atoms with Crippen molar-refractivity contribution < 1.29 is 27.5 Å². The highest BCUT2D eigenvalue weighted by Crippen LogP contribution is 2.52. The summed E-state index contributed by atoms with van der Waals surface area (Å²) in [5.41, 5.74) is 0. The van der Waals surface area contributed by atoms with Gasteiger partial charge in [0.2, 0.25) is 9.84 Å². The van der Waals surface area contributed by atoms with E-state index in [9.17, 15) is 18.0 Å². The zero-order valence-corrected chi connectivity index (χ0v) is 16.8. The highest BCUT2D eigenvalue weighted by atomic mass is 32.2. The van der Waals surface area contributed by atoms with Crippen LogP contribution < -0.4 is 0 Å². The van der Waals surface area contributed by atoms with Gasteiger partial charge in [-0.2, -0.15) is 10.0 Å². The Labute approximate surface area is 150 Å². The highest BCUT2D eigenvalue weighted by molar-refractivity contribution is 7.94. The monoisotopic (exact) mass is 378 g/mol. The summed E-state index contributed by atoms with van der Waals surface area (Å²) >= 11 is 0. The van der Waals surface area contributed by atoms with E-state index in [0.717, 1.165) is 10.0 Å². The lowest BCUT2D eigenvalue weighted by molar-refractivity contribution is -0.0688. The highest BCUT2D eigenvalue weighted by Gasteiger charge is 2.71. The fourth-order valence-corrected chi connectivity index (χ4v) is 6.67. The zero-order valence-electron chi connectivity index (χ0n) is 16.0. The van der Waals surface area contributed by atoms with E-state index in [1.807, 2.05) is 0 Å². The van der Waals surface area contributed by atoms with Gasteiger partial charge in [0.05, 0.1) is 13.2 Å². The molecular formula is C16H30N2O6S. The summed E-state index contributed by atoms with van der Waals surface area (Å²) in [6.07, 6.45) is -1.15. The van der Waals surface area contributed by atoms with Gasteiger partial charge in [-0.3, -0.25) is 0 Å². The SMILES string of the molecule is CCOC(=O)N1N(C(=O)OCC)C(CC)(CC)S(=O)(=O)C1(CC)CC. The molecular weight excluding hydrogens is 348 g/mol. The minimum atomic E-state index is -3.93. The molecule has 8 nitrogen and oxygen atoms in total. The van der Waals surface area contributed by atoms with Crippen molar-refractivity contribution in [2.45, 2.75) is 77.0 Å². The molecule has 9 heteroatoms. The average molecular weight is 378 g/mol. The van der Waals surface area contributed by atoms with Gasteiger partial charge in [-0.15, -0.1) is 0 Å². The van der Waals surface area contributed by atoms with Crippen LogP contribution in [0.3, 0.4) is 0 Å². The van der Waals surface area contributed by atoms with E-state index in [4.69, 9.17) is 9.47 Å². The molecule has 0 aromatic carbocycles. The lowest BCUT2D eigenvalue weighted by atomic mass is 10.1. The summed E-state index contributed by atoms with van der Waals surface area (Å²) in [7, 11) is -3.93. The average Bonchev–Trinajstić information content (AvgIpc) is 2.76. The molecule has 0 spiro atoms. The maximum Gasteiger partial charge on any atom is 0.430 e. The molecule has 0 N–H and O–H groups in total. The van der Waals surface area contributed by atoms with E-state index in [0.29, 0.717) is 0 Å². The van der Waals surface area contributed by atoms with E-state index in [1.54, 1.807) is 41.5 Å². The van der Waals surface area contributed by atoms with Crippen LogP contribution >= 0.6 is 0 Å². The first-order valence-corrected chi connectivity index (χ1v) is 10.4. The zero-order chi connectivity index (χ0) is 19.5. The number of sulfone groups is 1. The molecule has 146 valence electrons. The first-order chi connectivity index (χ1) is 11.7. The predicted octanol–water partition coefficient (Wildman–Crippen LogP) is 3.28. The normalized spacial score (nSPS) is 20.4. The van der Waals surface area contributed by atoms with Crippen molar-refractivity contribution in [3.8, 4) is 0 Å². The van der Waals surface area contributed by atoms with Gasteiger partial charge in [0.15, 0.2) is 9.74 Å². The largest absolute Gasteiger partial charge is 0.448 e. The molecule has 0 bridgehead atoms. The standard InChI is InChI=1S/C16H30N2O6S/c1-7-15(8-2)17(13(19)23-11-5)18(14(20)24-12-6)16(9-3,10-4)25(15,21)22/h7-12H2,1-6H3. The number of ether oxygens (including phenoxy) is 2. The summed E-state index contributed by atoms with van der Waals surface area (Å²) in [4.78, 5) is 22.3. The summed E-state index contributed by atoms with van der Waals surface area (Å²) in [6, 6.07) is 0. The number of carbonyl (C=O) groups is 2. The smallest absolute Gasteiger partial charge is 0.430 e. The molecule has 0 radical (unpaired) electrons. The number of nitrogens with zero attached hydrogens (tertiary/aromatic N) is 2. The van der Waals surface area contributed by atoms with Crippen LogP contribution in [0.2, 0.25) is 0 Å². The first kappa shape index (κ1) is 21.5. The van der Waals surface area contributed by atoms with Crippen molar-refractivity contribution in [2.24, 2.45) is 0 Å². The van der Waals surface area contributed by atoms with Crippen LogP contribution in [-0.2, 0) is 19.3 Å². The predicted molar refractivity (Wildman–Crippen MR) is 93.3 cm³/mol. The van der Waals surface area contributed by atoms with Gasteiger partial charge in [-0.1, -0.05) is 27.7 Å². The van der Waals surface area contributed by atoms with Crippen molar-refractivity contribution >= 4 is 22.0 Å². The molecule has 1 heterocycles. The van der Waals surface area contributed by atoms with E-state index < -0.39 is 31.8 Å². The Bertz CT molecular complexity index is 550. The molecule has 0 aromatic rings. The summed E-state index contributed by atoms with van der Waals surface area (Å²) in [5.74, 6) is 0. The number of hydrazine groups is 1. The Morgan fingerprint density at radius 3 is 1.20 bits per heavy atom. The molecule has 1 rings (SSSR count). The Morgan fingerprint density at radius 1 is 0.720 bits per heavy atom. The Hall–Kier alpha value is -1.51. The number of amides is 2. The Morgan fingerprint density at radius 2 is 1.00 bits per heavy atom. The van der Waals surface area contributed by atoms with Gasteiger partial charge < -0.3 is 9.47 Å².